The van der Waals surface area contributed by atoms with E-state index in [2.05, 4.69) is 5.32 Å². The molecule has 0 aliphatic rings. The summed E-state index contributed by atoms with van der Waals surface area (Å²) in [6, 6.07) is 13.7. The molecule has 0 aliphatic heterocycles. The third-order valence-corrected chi connectivity index (χ3v) is 6.34. The van der Waals surface area contributed by atoms with Crippen LogP contribution in [0.3, 0.4) is 0 Å². The molecule has 0 saturated heterocycles. The molecule has 2 heterocycles. The normalized spacial score (nSPS) is 10.9. The highest BCUT2D eigenvalue weighted by molar-refractivity contribution is 7.17. The van der Waals surface area contributed by atoms with Gasteiger partial charge in [0.1, 0.15) is 22.7 Å². The van der Waals surface area contributed by atoms with Crippen molar-refractivity contribution in [3.63, 3.8) is 0 Å². The topological polar surface area (TPSA) is 91.6 Å². The molecule has 34 heavy (non-hydrogen) atoms. The van der Waals surface area contributed by atoms with E-state index in [1.165, 1.54) is 23.0 Å². The van der Waals surface area contributed by atoms with E-state index < -0.39 is 11.6 Å². The van der Waals surface area contributed by atoms with Gasteiger partial charge in [0.25, 0.3) is 5.56 Å². The number of benzene rings is 2. The lowest BCUT2D eigenvalue weighted by Crippen LogP contribution is -2.41. The molecule has 4 aromatic rings. The number of carbonyl (C=O) groups excluding carboxylic acids is 1. The summed E-state index contributed by atoms with van der Waals surface area (Å²) in [4.78, 5) is 39.1. The molecule has 176 valence electrons. The number of fused-ring (bicyclic) bond motifs is 1. The van der Waals surface area contributed by atoms with Crippen LogP contribution in [-0.2, 0) is 17.9 Å². The number of hydrogen-bond donors (Lipinski definition) is 1. The average Bonchev–Trinajstić information content (AvgIpc) is 3.31. The fourth-order valence-corrected chi connectivity index (χ4v) is 4.65. The SMILES string of the molecule is CCOc1ccc(Cn2c(=O)c3sccc3n(CC(=O)Nc3ccc(OC)c(Cl)c3)c2=O)cc1. The van der Waals surface area contributed by atoms with Gasteiger partial charge in [-0.3, -0.25) is 18.7 Å². The Morgan fingerprint density at radius 3 is 2.53 bits per heavy atom. The number of anilines is 1. The lowest BCUT2D eigenvalue weighted by molar-refractivity contribution is -0.116. The minimum absolute atomic E-state index is 0.0770. The van der Waals surface area contributed by atoms with E-state index in [4.69, 9.17) is 21.1 Å². The first-order chi connectivity index (χ1) is 16.4. The van der Waals surface area contributed by atoms with Gasteiger partial charge in [-0.05, 0) is 54.3 Å². The second-order valence-electron chi connectivity index (χ2n) is 7.37. The van der Waals surface area contributed by atoms with Crippen molar-refractivity contribution in [2.24, 2.45) is 0 Å². The van der Waals surface area contributed by atoms with Crippen LogP contribution in [0.25, 0.3) is 10.2 Å². The quantitative estimate of drug-likeness (QED) is 0.396. The van der Waals surface area contributed by atoms with Crippen LogP contribution >= 0.6 is 22.9 Å². The van der Waals surface area contributed by atoms with Crippen LogP contribution in [-0.4, -0.2) is 28.8 Å². The monoisotopic (exact) mass is 499 g/mol. The number of aromatic nitrogens is 2. The van der Waals surface area contributed by atoms with Gasteiger partial charge in [0.15, 0.2) is 0 Å². The lowest BCUT2D eigenvalue weighted by Gasteiger charge is -2.13. The van der Waals surface area contributed by atoms with E-state index in [1.807, 2.05) is 6.92 Å². The molecule has 0 saturated carbocycles. The Labute approximate surface area is 203 Å². The summed E-state index contributed by atoms with van der Waals surface area (Å²) in [5, 5.41) is 4.81. The van der Waals surface area contributed by atoms with E-state index >= 15 is 0 Å². The smallest absolute Gasteiger partial charge is 0.332 e. The first-order valence-corrected chi connectivity index (χ1v) is 11.7. The van der Waals surface area contributed by atoms with Crippen LogP contribution in [0.5, 0.6) is 11.5 Å². The van der Waals surface area contributed by atoms with Crippen molar-refractivity contribution in [1.82, 2.24) is 9.13 Å². The number of carbonyl (C=O) groups is 1. The molecule has 0 bridgehead atoms. The highest BCUT2D eigenvalue weighted by Crippen LogP contribution is 2.27. The van der Waals surface area contributed by atoms with E-state index in [-0.39, 0.29) is 18.6 Å². The molecule has 0 unspecified atom stereocenters. The zero-order chi connectivity index (χ0) is 24.2. The summed E-state index contributed by atoms with van der Waals surface area (Å²) in [7, 11) is 1.50. The first kappa shape index (κ1) is 23.6. The molecular weight excluding hydrogens is 478 g/mol. The predicted molar refractivity (Wildman–Crippen MR) is 134 cm³/mol. The standard InChI is InChI=1S/C24H22ClN3O5S/c1-3-33-17-7-4-15(5-8-17)13-28-23(30)22-19(10-11-34-22)27(24(28)31)14-21(29)26-16-6-9-20(32-2)18(25)12-16/h4-12H,3,13-14H2,1-2H3,(H,26,29). The number of halogens is 1. The fourth-order valence-electron chi connectivity index (χ4n) is 3.55. The van der Waals surface area contributed by atoms with Crippen LogP contribution in [0.15, 0.2) is 63.5 Å². The highest BCUT2D eigenvalue weighted by Gasteiger charge is 2.17. The molecule has 2 aromatic heterocycles. The Morgan fingerprint density at radius 1 is 1.09 bits per heavy atom. The van der Waals surface area contributed by atoms with Crippen LogP contribution in [0, 0.1) is 0 Å². The molecule has 0 radical (unpaired) electrons. The lowest BCUT2D eigenvalue weighted by atomic mass is 10.2. The minimum atomic E-state index is -0.562. The average molecular weight is 500 g/mol. The van der Waals surface area contributed by atoms with Gasteiger partial charge in [-0.15, -0.1) is 11.3 Å². The van der Waals surface area contributed by atoms with Crippen molar-refractivity contribution in [1.29, 1.82) is 0 Å². The molecule has 1 amide bonds. The van der Waals surface area contributed by atoms with E-state index in [0.717, 1.165) is 10.1 Å². The maximum Gasteiger partial charge on any atom is 0.332 e. The summed E-state index contributed by atoms with van der Waals surface area (Å²) in [5.41, 5.74) is 0.705. The van der Waals surface area contributed by atoms with E-state index in [9.17, 15) is 14.4 Å². The van der Waals surface area contributed by atoms with Crippen LogP contribution in [0.2, 0.25) is 5.02 Å². The summed E-state index contributed by atoms with van der Waals surface area (Å²) in [6.07, 6.45) is 0. The van der Waals surface area contributed by atoms with Crippen LogP contribution in [0.1, 0.15) is 12.5 Å². The maximum atomic E-state index is 13.3. The van der Waals surface area contributed by atoms with Crippen molar-refractivity contribution in [3.05, 3.63) is 85.3 Å². The van der Waals surface area contributed by atoms with E-state index in [1.54, 1.807) is 53.9 Å². The molecule has 1 N–H and O–H groups in total. The Hall–Kier alpha value is -3.56. The van der Waals surface area contributed by atoms with Gasteiger partial charge in [0.05, 0.1) is 30.8 Å². The summed E-state index contributed by atoms with van der Waals surface area (Å²) < 4.78 is 13.4. The summed E-state index contributed by atoms with van der Waals surface area (Å²) >= 11 is 7.36. The number of thiophene rings is 1. The largest absolute Gasteiger partial charge is 0.495 e. The number of amides is 1. The number of methoxy groups -OCH3 is 1. The molecule has 0 fully saturated rings. The predicted octanol–water partition coefficient (Wildman–Crippen LogP) is 3.97. The zero-order valence-corrected chi connectivity index (χ0v) is 20.1. The van der Waals surface area contributed by atoms with Gasteiger partial charge < -0.3 is 14.8 Å². The highest BCUT2D eigenvalue weighted by atomic mass is 35.5. The fraction of sp³-hybridized carbons (Fsp3) is 0.208. The number of nitrogens with one attached hydrogen (secondary N) is 1. The van der Waals surface area contributed by atoms with Gasteiger partial charge in [0, 0.05) is 5.69 Å². The van der Waals surface area contributed by atoms with Crippen LogP contribution < -0.4 is 26.0 Å². The Morgan fingerprint density at radius 2 is 1.85 bits per heavy atom. The molecular formula is C24H22ClN3O5S. The van der Waals surface area contributed by atoms with Crippen molar-refractivity contribution in [2.45, 2.75) is 20.0 Å². The first-order valence-electron chi connectivity index (χ1n) is 10.5. The van der Waals surface area contributed by atoms with Gasteiger partial charge in [0.2, 0.25) is 5.91 Å². The van der Waals surface area contributed by atoms with Gasteiger partial charge in [-0.1, -0.05) is 23.7 Å². The van der Waals surface area contributed by atoms with Crippen LogP contribution in [0.4, 0.5) is 5.69 Å². The van der Waals surface area contributed by atoms with Crippen molar-refractivity contribution in [3.8, 4) is 11.5 Å². The zero-order valence-electron chi connectivity index (χ0n) is 18.5. The molecule has 4 rings (SSSR count). The molecule has 0 aliphatic carbocycles. The molecule has 2 aromatic carbocycles. The minimum Gasteiger partial charge on any atom is -0.495 e. The van der Waals surface area contributed by atoms with Crippen molar-refractivity contribution < 1.29 is 14.3 Å². The number of rotatable bonds is 8. The Bertz CT molecular complexity index is 1460. The Kier molecular flexibility index (Phi) is 7.04. The number of nitrogens with zero attached hydrogens (tertiary/aromatic N) is 2. The maximum absolute atomic E-state index is 13.3. The molecule has 10 heteroatoms. The Balaban J connectivity index is 1.64. The van der Waals surface area contributed by atoms with Gasteiger partial charge in [-0.25, -0.2) is 4.79 Å². The van der Waals surface area contributed by atoms with Crippen molar-refractivity contribution >= 4 is 44.7 Å². The third-order valence-electron chi connectivity index (χ3n) is 5.15. The third kappa shape index (κ3) is 4.85. The summed E-state index contributed by atoms with van der Waals surface area (Å²) in [6.45, 7) is 2.25. The number of ether oxygens (including phenoxy) is 2. The molecule has 0 spiro atoms. The molecule has 8 nitrogen and oxygen atoms in total. The summed E-state index contributed by atoms with van der Waals surface area (Å²) in [5.74, 6) is 0.763. The van der Waals surface area contributed by atoms with Gasteiger partial charge in [-0.2, -0.15) is 0 Å². The van der Waals surface area contributed by atoms with Gasteiger partial charge >= 0.3 is 5.69 Å². The van der Waals surface area contributed by atoms with E-state index in [0.29, 0.717) is 39.0 Å². The second kappa shape index (κ2) is 10.1. The number of hydrogen-bond acceptors (Lipinski definition) is 6. The second-order valence-corrected chi connectivity index (χ2v) is 8.69. The van der Waals surface area contributed by atoms with Crippen molar-refractivity contribution in [2.75, 3.05) is 19.0 Å². The molecule has 0 atom stereocenters.